The summed E-state index contributed by atoms with van der Waals surface area (Å²) >= 11 is 3.33. The van der Waals surface area contributed by atoms with Gasteiger partial charge in [-0.2, -0.15) is 5.10 Å². The van der Waals surface area contributed by atoms with Gasteiger partial charge in [0.05, 0.1) is 5.71 Å². The molecule has 6 heteroatoms. The second kappa shape index (κ2) is 7.54. The molecule has 0 bridgehead atoms. The van der Waals surface area contributed by atoms with Crippen molar-refractivity contribution < 1.29 is 9.53 Å². The van der Waals surface area contributed by atoms with Gasteiger partial charge in [-0.05, 0) is 43.3 Å². The van der Waals surface area contributed by atoms with Crippen LogP contribution in [0.2, 0.25) is 0 Å². The number of carbonyl (C=O) groups is 1. The zero-order chi connectivity index (χ0) is 15.1. The Morgan fingerprint density at radius 1 is 1.24 bits per heavy atom. The number of halogens is 1. The van der Waals surface area contributed by atoms with Gasteiger partial charge >= 0.3 is 0 Å². The lowest BCUT2D eigenvalue weighted by Crippen LogP contribution is -2.25. The second-order valence-corrected chi connectivity index (χ2v) is 5.13. The summed E-state index contributed by atoms with van der Waals surface area (Å²) in [4.78, 5) is 15.6. The van der Waals surface area contributed by atoms with Crippen LogP contribution in [0.25, 0.3) is 0 Å². The first-order valence-corrected chi connectivity index (χ1v) is 7.06. The smallest absolute Gasteiger partial charge is 0.277 e. The number of hydrogen-bond donors (Lipinski definition) is 1. The van der Waals surface area contributed by atoms with E-state index in [2.05, 4.69) is 31.4 Å². The number of ether oxygens (including phenoxy) is 1. The Bertz CT molecular complexity index is 627. The van der Waals surface area contributed by atoms with Crippen LogP contribution in [0.3, 0.4) is 0 Å². The van der Waals surface area contributed by atoms with Gasteiger partial charge in [0, 0.05) is 22.4 Å². The fourth-order valence-corrected chi connectivity index (χ4v) is 1.78. The Labute approximate surface area is 131 Å². The fraction of sp³-hybridized carbons (Fsp3) is 0.133. The van der Waals surface area contributed by atoms with Crippen LogP contribution in [0, 0.1) is 0 Å². The molecule has 1 heterocycles. The van der Waals surface area contributed by atoms with E-state index in [4.69, 9.17) is 4.74 Å². The first-order chi connectivity index (χ1) is 10.1. The number of amides is 1. The first kappa shape index (κ1) is 15.2. The number of pyridine rings is 1. The normalized spacial score (nSPS) is 11.0. The number of nitrogens with one attached hydrogen (secondary N) is 1. The molecule has 5 nitrogen and oxygen atoms in total. The third kappa shape index (κ3) is 5.00. The van der Waals surface area contributed by atoms with Gasteiger partial charge in [0.2, 0.25) is 0 Å². The Morgan fingerprint density at radius 3 is 2.57 bits per heavy atom. The molecule has 0 radical (unpaired) electrons. The molecule has 1 aromatic heterocycles. The number of hydrogen-bond acceptors (Lipinski definition) is 4. The molecule has 1 amide bonds. The largest absolute Gasteiger partial charge is 0.484 e. The summed E-state index contributed by atoms with van der Waals surface area (Å²) in [5.41, 5.74) is 4.06. The van der Waals surface area contributed by atoms with Crippen LogP contribution in [0.1, 0.15) is 12.5 Å². The van der Waals surface area contributed by atoms with Gasteiger partial charge < -0.3 is 4.74 Å². The Kier molecular flexibility index (Phi) is 5.45. The maximum absolute atomic E-state index is 11.7. The van der Waals surface area contributed by atoms with E-state index in [1.54, 1.807) is 24.5 Å². The van der Waals surface area contributed by atoms with Gasteiger partial charge in [-0.1, -0.05) is 15.9 Å². The average molecular weight is 348 g/mol. The van der Waals surface area contributed by atoms with Crippen molar-refractivity contribution >= 4 is 27.5 Å². The van der Waals surface area contributed by atoms with E-state index >= 15 is 0 Å². The molecule has 1 N–H and O–H groups in total. The average Bonchev–Trinajstić information content (AvgIpc) is 2.53. The quantitative estimate of drug-likeness (QED) is 0.668. The van der Waals surface area contributed by atoms with Crippen molar-refractivity contribution in [3.05, 3.63) is 58.8 Å². The predicted octanol–water partition coefficient (Wildman–Crippen LogP) is 2.76. The SMILES string of the molecule is C/C(=N/NC(=O)COc1ccc(Br)cc1)c1ccncc1. The van der Waals surface area contributed by atoms with E-state index in [1.165, 1.54) is 0 Å². The van der Waals surface area contributed by atoms with Crippen LogP contribution in [-0.4, -0.2) is 23.2 Å². The summed E-state index contributed by atoms with van der Waals surface area (Å²) in [6.07, 6.45) is 3.35. The van der Waals surface area contributed by atoms with Crippen LogP contribution in [0.15, 0.2) is 58.4 Å². The number of rotatable bonds is 5. The summed E-state index contributed by atoms with van der Waals surface area (Å²) < 4.78 is 6.30. The lowest BCUT2D eigenvalue weighted by Gasteiger charge is -2.05. The van der Waals surface area contributed by atoms with Crippen LogP contribution in [-0.2, 0) is 4.79 Å². The van der Waals surface area contributed by atoms with Crippen molar-refractivity contribution in [3.8, 4) is 5.75 Å². The standard InChI is InChI=1S/C15H14BrN3O2/c1-11(12-6-8-17-9-7-12)18-19-15(20)10-21-14-4-2-13(16)3-5-14/h2-9H,10H2,1H3,(H,19,20)/b18-11-. The topological polar surface area (TPSA) is 63.6 Å². The molecule has 0 aliphatic heterocycles. The van der Waals surface area contributed by atoms with Gasteiger partial charge in [-0.25, -0.2) is 5.43 Å². The number of nitrogens with zero attached hydrogens (tertiary/aromatic N) is 2. The Balaban J connectivity index is 1.83. The van der Waals surface area contributed by atoms with Gasteiger partial charge in [0.25, 0.3) is 5.91 Å². The van der Waals surface area contributed by atoms with E-state index in [9.17, 15) is 4.79 Å². The van der Waals surface area contributed by atoms with Gasteiger partial charge in [-0.3, -0.25) is 9.78 Å². The zero-order valence-electron chi connectivity index (χ0n) is 11.4. The maximum Gasteiger partial charge on any atom is 0.277 e. The van der Waals surface area contributed by atoms with Crippen LogP contribution in [0.4, 0.5) is 0 Å². The highest BCUT2D eigenvalue weighted by atomic mass is 79.9. The predicted molar refractivity (Wildman–Crippen MR) is 84.2 cm³/mol. The molecule has 0 atom stereocenters. The molecule has 0 saturated carbocycles. The molecule has 0 fully saturated rings. The van der Waals surface area contributed by atoms with Crippen molar-refractivity contribution in [3.63, 3.8) is 0 Å². The van der Waals surface area contributed by atoms with E-state index in [1.807, 2.05) is 31.2 Å². The van der Waals surface area contributed by atoms with Crippen LogP contribution < -0.4 is 10.2 Å². The zero-order valence-corrected chi connectivity index (χ0v) is 13.0. The maximum atomic E-state index is 11.7. The molecule has 0 spiro atoms. The molecule has 108 valence electrons. The Morgan fingerprint density at radius 2 is 1.90 bits per heavy atom. The number of benzene rings is 1. The minimum atomic E-state index is -0.314. The monoisotopic (exact) mass is 347 g/mol. The van der Waals surface area contributed by atoms with Crippen LogP contribution >= 0.6 is 15.9 Å². The molecule has 2 aromatic rings. The second-order valence-electron chi connectivity index (χ2n) is 4.21. The third-order valence-corrected chi connectivity index (χ3v) is 3.16. The molecule has 0 saturated heterocycles. The third-order valence-electron chi connectivity index (χ3n) is 2.63. The summed E-state index contributed by atoms with van der Waals surface area (Å²) in [6.45, 7) is 1.72. The molecular formula is C15H14BrN3O2. The summed E-state index contributed by atoms with van der Waals surface area (Å²) in [7, 11) is 0. The molecular weight excluding hydrogens is 334 g/mol. The van der Waals surface area contributed by atoms with Crippen molar-refractivity contribution in [1.29, 1.82) is 0 Å². The van der Waals surface area contributed by atoms with Crippen molar-refractivity contribution in [2.45, 2.75) is 6.92 Å². The number of hydrazone groups is 1. The van der Waals surface area contributed by atoms with Gasteiger partial charge in [0.1, 0.15) is 5.75 Å². The lowest BCUT2D eigenvalue weighted by molar-refractivity contribution is -0.123. The summed E-state index contributed by atoms with van der Waals surface area (Å²) in [5.74, 6) is 0.314. The first-order valence-electron chi connectivity index (χ1n) is 6.27. The van der Waals surface area contributed by atoms with Crippen molar-refractivity contribution in [2.24, 2.45) is 5.10 Å². The van der Waals surface area contributed by atoms with Crippen molar-refractivity contribution in [2.75, 3.05) is 6.61 Å². The molecule has 0 aliphatic carbocycles. The van der Waals surface area contributed by atoms with Gasteiger partial charge in [-0.15, -0.1) is 0 Å². The molecule has 21 heavy (non-hydrogen) atoms. The van der Waals surface area contributed by atoms with Crippen LogP contribution in [0.5, 0.6) is 5.75 Å². The molecule has 2 rings (SSSR count). The number of aromatic nitrogens is 1. The highest BCUT2D eigenvalue weighted by Gasteiger charge is 2.03. The van der Waals surface area contributed by atoms with Gasteiger partial charge in [0.15, 0.2) is 6.61 Å². The number of carbonyl (C=O) groups excluding carboxylic acids is 1. The van der Waals surface area contributed by atoms with E-state index < -0.39 is 0 Å². The lowest BCUT2D eigenvalue weighted by atomic mass is 10.2. The van der Waals surface area contributed by atoms with E-state index in [0.29, 0.717) is 11.5 Å². The minimum Gasteiger partial charge on any atom is -0.484 e. The molecule has 0 aliphatic rings. The highest BCUT2D eigenvalue weighted by Crippen LogP contribution is 2.15. The fourth-order valence-electron chi connectivity index (χ4n) is 1.52. The van der Waals surface area contributed by atoms with E-state index in [-0.39, 0.29) is 12.5 Å². The Hall–Kier alpha value is -2.21. The summed E-state index contributed by atoms with van der Waals surface area (Å²) in [6, 6.07) is 10.9. The molecule has 1 aromatic carbocycles. The van der Waals surface area contributed by atoms with E-state index in [0.717, 1.165) is 10.0 Å². The van der Waals surface area contributed by atoms with Crippen molar-refractivity contribution in [1.82, 2.24) is 10.4 Å². The highest BCUT2D eigenvalue weighted by molar-refractivity contribution is 9.10. The summed E-state index contributed by atoms with van der Waals surface area (Å²) in [5, 5.41) is 4.02. The minimum absolute atomic E-state index is 0.0885. The molecule has 0 unspecified atom stereocenters.